The van der Waals surface area contributed by atoms with Crippen LogP contribution in [-0.2, 0) is 59.6 Å². The molecule has 0 N–H and O–H groups in total. The van der Waals surface area contributed by atoms with Gasteiger partial charge in [0.25, 0.3) is 0 Å². The third-order valence-electron chi connectivity index (χ3n) is 9.06. The summed E-state index contributed by atoms with van der Waals surface area (Å²) in [5.41, 5.74) is 3.09. The lowest BCUT2D eigenvalue weighted by atomic mass is 9.89. The highest BCUT2D eigenvalue weighted by atomic mass is 32.1. The number of rotatable bonds is 18. The summed E-state index contributed by atoms with van der Waals surface area (Å²) in [6.07, 6.45) is -2.03. The van der Waals surface area contributed by atoms with E-state index in [1.807, 2.05) is 135 Å². The van der Waals surface area contributed by atoms with Crippen molar-refractivity contribution in [1.29, 1.82) is 0 Å². The Balaban J connectivity index is 1.28. The van der Waals surface area contributed by atoms with Gasteiger partial charge in [-0.3, -0.25) is 0 Å². The highest BCUT2D eigenvalue weighted by Crippen LogP contribution is 2.36. The van der Waals surface area contributed by atoms with Crippen LogP contribution in [0, 0.1) is 4.64 Å². The van der Waals surface area contributed by atoms with Gasteiger partial charge in [-0.2, -0.15) is 4.73 Å². The van der Waals surface area contributed by atoms with Crippen LogP contribution in [0.15, 0.2) is 146 Å². The molecule has 1 aromatic heterocycles. The number of hydrogen-bond donors (Lipinski definition) is 0. The Morgan fingerprint density at radius 1 is 0.722 bits per heavy atom. The van der Waals surface area contributed by atoms with Gasteiger partial charge in [-0.15, -0.1) is 0 Å². The van der Waals surface area contributed by atoms with Crippen molar-refractivity contribution in [3.8, 4) is 0 Å². The molecule has 0 bridgehead atoms. The number of benzene rings is 4. The van der Waals surface area contributed by atoms with Gasteiger partial charge in [-0.05, 0) is 48.2 Å². The molecule has 0 radical (unpaired) electrons. The molecule has 54 heavy (non-hydrogen) atoms. The minimum absolute atomic E-state index is 0.101. The Kier molecular flexibility index (Phi) is 14.3. The molecule has 4 aromatic carbocycles. The topological polar surface area (TPSA) is 86.6 Å². The van der Waals surface area contributed by atoms with Crippen LogP contribution < -0.4 is 4.84 Å². The zero-order chi connectivity index (χ0) is 37.6. The predicted octanol–water partition coefficient (Wildman–Crippen LogP) is 8.06. The number of pyridine rings is 1. The molecular weight excluding hydrogens is 703 g/mol. The van der Waals surface area contributed by atoms with Gasteiger partial charge < -0.3 is 33.3 Å². The lowest BCUT2D eigenvalue weighted by Gasteiger charge is -2.47. The van der Waals surface area contributed by atoms with E-state index in [0.717, 1.165) is 22.3 Å². The Bertz CT molecular complexity index is 1910. The van der Waals surface area contributed by atoms with E-state index in [-0.39, 0.29) is 19.6 Å². The molecule has 0 amide bonds. The van der Waals surface area contributed by atoms with Gasteiger partial charge in [0.2, 0.25) is 0 Å². The Hall–Kier alpha value is -4.52. The molecule has 10 heteroatoms. The fourth-order valence-electron chi connectivity index (χ4n) is 6.14. The van der Waals surface area contributed by atoms with Gasteiger partial charge in [-0.25, -0.2) is 4.79 Å². The van der Waals surface area contributed by atoms with Crippen LogP contribution in [-0.4, -0.2) is 53.6 Å². The normalized spacial score (nSPS) is 19.2. The van der Waals surface area contributed by atoms with Crippen LogP contribution in [0.25, 0.3) is 0 Å². The van der Waals surface area contributed by atoms with Crippen molar-refractivity contribution >= 4 is 18.2 Å². The SMILES string of the molecule is CC(C)(OCc1ccccc1)[C@H]1O[C@H](OC(COCc2ccccc2)C(=O)On2ccccc2=S)C[C@@H](OCc2ccccc2)[C@@H]1OCc1ccccc1. The summed E-state index contributed by atoms with van der Waals surface area (Å²) in [6.45, 7) is 5.13. The van der Waals surface area contributed by atoms with Gasteiger partial charge in [0, 0.05) is 12.6 Å². The van der Waals surface area contributed by atoms with E-state index in [1.54, 1.807) is 24.4 Å². The van der Waals surface area contributed by atoms with Crippen LogP contribution in [0.5, 0.6) is 0 Å². The largest absolute Gasteiger partial charge is 0.373 e. The number of nitrogens with zero attached hydrogens (tertiary/aromatic N) is 1. The standard InChI is InChI=1S/C44H47NO8S/c1-44(2,50-31-36-23-13-6-14-24-36)42-41(49-30-35-21-11-5-12-22-35)37(48-29-34-19-9-4-10-20-34)27-40(52-42)51-38(32-47-28-33-17-7-3-8-18-33)43(46)53-45-26-16-15-25-39(45)54/h3-26,37-38,40-42H,27-32H2,1-2H3/t37-,38?,40+,41+,42+/m1/s1. The fourth-order valence-corrected chi connectivity index (χ4v) is 6.31. The molecule has 0 saturated carbocycles. The Labute approximate surface area is 322 Å². The van der Waals surface area contributed by atoms with Crippen molar-refractivity contribution in [2.75, 3.05) is 6.61 Å². The molecule has 1 fully saturated rings. The first-order valence-corrected chi connectivity index (χ1v) is 18.6. The number of carbonyl (C=O) groups excluding carboxylic acids is 1. The first kappa shape index (κ1) is 39.2. The molecule has 9 nitrogen and oxygen atoms in total. The minimum Gasteiger partial charge on any atom is -0.373 e. The smallest absolute Gasteiger partial charge is 0.363 e. The lowest BCUT2D eigenvalue weighted by Crippen LogP contribution is -2.60. The maximum absolute atomic E-state index is 13.8. The maximum Gasteiger partial charge on any atom is 0.363 e. The van der Waals surface area contributed by atoms with Crippen molar-refractivity contribution in [2.24, 2.45) is 0 Å². The zero-order valence-electron chi connectivity index (χ0n) is 30.6. The first-order valence-electron chi connectivity index (χ1n) is 18.2. The van der Waals surface area contributed by atoms with Crippen molar-refractivity contribution in [1.82, 2.24) is 4.73 Å². The van der Waals surface area contributed by atoms with Gasteiger partial charge in [0.1, 0.15) is 16.8 Å². The average molecular weight is 750 g/mol. The van der Waals surface area contributed by atoms with Gasteiger partial charge in [0.15, 0.2) is 12.4 Å². The second-order valence-corrected chi connectivity index (χ2v) is 14.0. The lowest BCUT2D eigenvalue weighted by molar-refractivity contribution is -0.314. The molecule has 0 spiro atoms. The fraction of sp³-hybridized carbons (Fsp3) is 0.318. The number of aromatic nitrogens is 1. The van der Waals surface area contributed by atoms with E-state index in [1.165, 1.54) is 4.73 Å². The summed E-state index contributed by atoms with van der Waals surface area (Å²) in [7, 11) is 0. The Morgan fingerprint density at radius 3 is 1.81 bits per heavy atom. The summed E-state index contributed by atoms with van der Waals surface area (Å²) < 4.78 is 40.9. The Morgan fingerprint density at radius 2 is 1.24 bits per heavy atom. The van der Waals surface area contributed by atoms with Gasteiger partial charge >= 0.3 is 5.97 Å². The minimum atomic E-state index is -1.17. The van der Waals surface area contributed by atoms with E-state index in [9.17, 15) is 4.79 Å². The van der Waals surface area contributed by atoms with Crippen molar-refractivity contribution in [2.45, 2.75) is 83.0 Å². The molecule has 1 saturated heterocycles. The third kappa shape index (κ3) is 11.5. The zero-order valence-corrected chi connectivity index (χ0v) is 31.4. The van der Waals surface area contributed by atoms with Gasteiger partial charge in [-0.1, -0.05) is 140 Å². The van der Waals surface area contributed by atoms with E-state index < -0.39 is 42.3 Å². The molecule has 2 heterocycles. The summed E-state index contributed by atoms with van der Waals surface area (Å²) in [5, 5.41) is 0. The second-order valence-electron chi connectivity index (χ2n) is 13.6. The summed E-state index contributed by atoms with van der Waals surface area (Å²) in [5.74, 6) is -0.686. The maximum atomic E-state index is 13.8. The summed E-state index contributed by atoms with van der Waals surface area (Å²) in [6, 6.07) is 44.8. The molecular formula is C44H47NO8S. The van der Waals surface area contributed by atoms with Crippen LogP contribution in [0.4, 0.5) is 0 Å². The van der Waals surface area contributed by atoms with E-state index in [0.29, 0.717) is 24.5 Å². The summed E-state index contributed by atoms with van der Waals surface area (Å²) in [4.78, 5) is 19.5. The molecule has 282 valence electrons. The molecule has 1 aliphatic rings. The molecule has 5 atom stereocenters. The monoisotopic (exact) mass is 749 g/mol. The van der Waals surface area contributed by atoms with Crippen LogP contribution >= 0.6 is 12.2 Å². The average Bonchev–Trinajstić information content (AvgIpc) is 3.20. The quantitative estimate of drug-likeness (QED) is 0.0827. The second kappa shape index (κ2) is 19.7. The van der Waals surface area contributed by atoms with E-state index >= 15 is 0 Å². The molecule has 0 aliphatic carbocycles. The molecule has 6 rings (SSSR count). The van der Waals surface area contributed by atoms with Crippen molar-refractivity contribution in [3.05, 3.63) is 173 Å². The van der Waals surface area contributed by atoms with Crippen molar-refractivity contribution < 1.29 is 38.1 Å². The highest BCUT2D eigenvalue weighted by Gasteiger charge is 2.49. The van der Waals surface area contributed by atoms with Crippen LogP contribution in [0.1, 0.15) is 42.5 Å². The third-order valence-corrected chi connectivity index (χ3v) is 9.37. The molecule has 1 unspecified atom stereocenters. The van der Waals surface area contributed by atoms with Crippen LogP contribution in [0.2, 0.25) is 0 Å². The number of carbonyl (C=O) groups is 1. The molecule has 1 aliphatic heterocycles. The van der Waals surface area contributed by atoms with Crippen LogP contribution in [0.3, 0.4) is 0 Å². The first-order chi connectivity index (χ1) is 26.3. The highest BCUT2D eigenvalue weighted by molar-refractivity contribution is 7.71. The van der Waals surface area contributed by atoms with E-state index in [4.69, 9.17) is 45.5 Å². The van der Waals surface area contributed by atoms with E-state index in [2.05, 4.69) is 0 Å². The van der Waals surface area contributed by atoms with Crippen molar-refractivity contribution in [3.63, 3.8) is 0 Å². The van der Waals surface area contributed by atoms with Gasteiger partial charge in [0.05, 0.1) is 44.7 Å². The number of hydrogen-bond acceptors (Lipinski definition) is 9. The number of ether oxygens (including phenoxy) is 6. The molecule has 5 aromatic rings. The summed E-state index contributed by atoms with van der Waals surface area (Å²) >= 11 is 5.39. The predicted molar refractivity (Wildman–Crippen MR) is 206 cm³/mol.